The molecule has 0 aliphatic carbocycles. The minimum atomic E-state index is -4.72. The average molecular weight is 329 g/mol. The summed E-state index contributed by atoms with van der Waals surface area (Å²) in [7, 11) is 0. The van der Waals surface area contributed by atoms with Crippen molar-refractivity contribution >= 4 is 5.82 Å². The van der Waals surface area contributed by atoms with Crippen molar-refractivity contribution in [1.82, 2.24) is 20.2 Å². The molecule has 2 aromatic rings. The zero-order valence-corrected chi connectivity index (χ0v) is 11.9. The van der Waals surface area contributed by atoms with E-state index < -0.39 is 6.36 Å². The SMILES string of the molecule is FC(F)(F)Oc1ccc(NC[C@@H]2CCO[C@@H]2c2ncn[nH]2)nc1. The molecule has 0 spiro atoms. The van der Waals surface area contributed by atoms with Crippen LogP contribution in [-0.2, 0) is 4.74 Å². The standard InChI is InChI=1S/C13H14F3N5O2/c14-13(15,16)23-9-1-2-10(18-6-9)17-5-8-3-4-22-11(8)12-19-7-20-21-12/h1-2,6-8,11H,3-5H2,(H,17,18)(H,19,20,21)/t8-,11-/m0/s1. The molecule has 7 nitrogen and oxygen atoms in total. The first-order valence-corrected chi connectivity index (χ1v) is 6.94. The molecule has 0 amide bonds. The zero-order valence-electron chi connectivity index (χ0n) is 11.9. The Hall–Kier alpha value is -2.36. The highest BCUT2D eigenvalue weighted by Gasteiger charge is 2.32. The Morgan fingerprint density at radius 2 is 2.22 bits per heavy atom. The first-order chi connectivity index (χ1) is 11.0. The molecule has 2 atom stereocenters. The molecule has 23 heavy (non-hydrogen) atoms. The molecular formula is C13H14F3N5O2. The highest BCUT2D eigenvalue weighted by atomic mass is 19.4. The molecule has 0 radical (unpaired) electrons. The van der Waals surface area contributed by atoms with Crippen LogP contribution >= 0.6 is 0 Å². The van der Waals surface area contributed by atoms with Gasteiger partial charge in [-0.2, -0.15) is 5.10 Å². The van der Waals surface area contributed by atoms with Crippen LogP contribution in [0.2, 0.25) is 0 Å². The van der Waals surface area contributed by atoms with Gasteiger partial charge < -0.3 is 14.8 Å². The van der Waals surface area contributed by atoms with Crippen molar-refractivity contribution in [3.05, 3.63) is 30.5 Å². The van der Waals surface area contributed by atoms with Gasteiger partial charge in [-0.25, -0.2) is 9.97 Å². The molecule has 0 unspecified atom stereocenters. The van der Waals surface area contributed by atoms with E-state index in [1.165, 1.54) is 18.5 Å². The third-order valence-electron chi connectivity index (χ3n) is 3.43. The molecule has 1 saturated heterocycles. The van der Waals surface area contributed by atoms with E-state index in [4.69, 9.17) is 4.74 Å². The fraction of sp³-hybridized carbons (Fsp3) is 0.462. The largest absolute Gasteiger partial charge is 0.573 e. The van der Waals surface area contributed by atoms with Crippen molar-refractivity contribution in [2.75, 3.05) is 18.5 Å². The van der Waals surface area contributed by atoms with Crippen molar-refractivity contribution < 1.29 is 22.6 Å². The van der Waals surface area contributed by atoms with E-state index in [1.807, 2.05) is 0 Å². The summed E-state index contributed by atoms with van der Waals surface area (Å²) in [6.45, 7) is 1.17. The lowest BCUT2D eigenvalue weighted by Gasteiger charge is -2.17. The summed E-state index contributed by atoms with van der Waals surface area (Å²) in [5.74, 6) is 0.932. The summed E-state index contributed by atoms with van der Waals surface area (Å²) in [4.78, 5) is 7.99. The van der Waals surface area contributed by atoms with Gasteiger partial charge in [0.2, 0.25) is 0 Å². The fourth-order valence-electron chi connectivity index (χ4n) is 2.41. The smallest absolute Gasteiger partial charge is 0.404 e. The number of nitrogens with one attached hydrogen (secondary N) is 2. The Morgan fingerprint density at radius 1 is 1.35 bits per heavy atom. The number of pyridine rings is 1. The molecule has 3 rings (SSSR count). The van der Waals surface area contributed by atoms with Crippen LogP contribution < -0.4 is 10.1 Å². The fourth-order valence-corrected chi connectivity index (χ4v) is 2.41. The Bertz CT molecular complexity index is 618. The maximum Gasteiger partial charge on any atom is 0.573 e. The number of ether oxygens (including phenoxy) is 2. The van der Waals surface area contributed by atoms with Crippen molar-refractivity contribution in [3.8, 4) is 5.75 Å². The van der Waals surface area contributed by atoms with E-state index in [9.17, 15) is 13.2 Å². The van der Waals surface area contributed by atoms with E-state index >= 15 is 0 Å². The second-order valence-electron chi connectivity index (χ2n) is 5.02. The maximum atomic E-state index is 12.1. The monoisotopic (exact) mass is 329 g/mol. The lowest BCUT2D eigenvalue weighted by molar-refractivity contribution is -0.274. The molecule has 1 aliphatic rings. The van der Waals surface area contributed by atoms with Crippen LogP contribution in [0.5, 0.6) is 5.75 Å². The Balaban J connectivity index is 1.56. The number of hydrogen-bond acceptors (Lipinski definition) is 6. The van der Waals surface area contributed by atoms with Crippen LogP contribution in [0.15, 0.2) is 24.7 Å². The van der Waals surface area contributed by atoms with E-state index in [-0.39, 0.29) is 17.8 Å². The maximum absolute atomic E-state index is 12.1. The van der Waals surface area contributed by atoms with Gasteiger partial charge in [0, 0.05) is 19.1 Å². The van der Waals surface area contributed by atoms with Gasteiger partial charge in [0.05, 0.1) is 6.20 Å². The van der Waals surface area contributed by atoms with Crippen molar-refractivity contribution in [2.45, 2.75) is 18.9 Å². The number of aromatic nitrogens is 4. The number of rotatable bonds is 5. The van der Waals surface area contributed by atoms with Crippen LogP contribution in [0.25, 0.3) is 0 Å². The van der Waals surface area contributed by atoms with Crippen molar-refractivity contribution in [1.29, 1.82) is 0 Å². The average Bonchev–Trinajstić information content (AvgIpc) is 3.16. The minimum absolute atomic E-state index is 0.163. The Kier molecular flexibility index (Phi) is 4.33. The predicted octanol–water partition coefficient (Wildman–Crippen LogP) is 2.29. The number of hydrogen-bond donors (Lipinski definition) is 2. The Morgan fingerprint density at radius 3 is 2.87 bits per heavy atom. The van der Waals surface area contributed by atoms with Gasteiger partial charge in [0.15, 0.2) is 5.82 Å². The summed E-state index contributed by atoms with van der Waals surface area (Å²) in [5.41, 5.74) is 0. The number of anilines is 1. The van der Waals surface area contributed by atoms with Gasteiger partial charge in [-0.05, 0) is 18.6 Å². The van der Waals surface area contributed by atoms with E-state index in [0.717, 1.165) is 12.6 Å². The van der Waals surface area contributed by atoms with E-state index in [2.05, 4.69) is 30.2 Å². The van der Waals surface area contributed by atoms with Crippen LogP contribution in [0, 0.1) is 5.92 Å². The van der Waals surface area contributed by atoms with Crippen molar-refractivity contribution in [2.24, 2.45) is 5.92 Å². The van der Waals surface area contributed by atoms with Gasteiger partial charge in [0.1, 0.15) is 24.0 Å². The summed E-state index contributed by atoms with van der Waals surface area (Å²) >= 11 is 0. The van der Waals surface area contributed by atoms with Gasteiger partial charge >= 0.3 is 6.36 Å². The number of alkyl halides is 3. The molecule has 3 heterocycles. The number of nitrogens with zero attached hydrogens (tertiary/aromatic N) is 3. The topological polar surface area (TPSA) is 85.0 Å². The molecule has 10 heteroatoms. The van der Waals surface area contributed by atoms with E-state index in [1.54, 1.807) is 0 Å². The van der Waals surface area contributed by atoms with Gasteiger partial charge in [-0.15, -0.1) is 13.2 Å². The second kappa shape index (κ2) is 6.41. The number of aromatic amines is 1. The predicted molar refractivity (Wildman–Crippen MR) is 72.6 cm³/mol. The van der Waals surface area contributed by atoms with E-state index in [0.29, 0.717) is 24.8 Å². The number of halogens is 3. The minimum Gasteiger partial charge on any atom is -0.404 e. The molecule has 0 aromatic carbocycles. The molecule has 1 fully saturated rings. The highest BCUT2D eigenvalue weighted by molar-refractivity contribution is 5.37. The molecular weight excluding hydrogens is 315 g/mol. The van der Waals surface area contributed by atoms with Crippen LogP contribution in [0.1, 0.15) is 18.3 Å². The van der Waals surface area contributed by atoms with Gasteiger partial charge in [-0.1, -0.05) is 0 Å². The highest BCUT2D eigenvalue weighted by Crippen LogP contribution is 2.32. The molecule has 124 valence electrons. The third kappa shape index (κ3) is 4.09. The molecule has 0 saturated carbocycles. The first-order valence-electron chi connectivity index (χ1n) is 6.94. The molecule has 0 bridgehead atoms. The third-order valence-corrected chi connectivity index (χ3v) is 3.43. The molecule has 2 aromatic heterocycles. The number of H-pyrrole nitrogens is 1. The zero-order chi connectivity index (χ0) is 16.3. The first kappa shape index (κ1) is 15.5. The van der Waals surface area contributed by atoms with Crippen LogP contribution in [-0.4, -0.2) is 39.7 Å². The summed E-state index contributed by atoms with van der Waals surface area (Å²) < 4.78 is 45.6. The summed E-state index contributed by atoms with van der Waals surface area (Å²) in [6.07, 6.45) is -1.62. The van der Waals surface area contributed by atoms with Crippen molar-refractivity contribution in [3.63, 3.8) is 0 Å². The summed E-state index contributed by atoms with van der Waals surface area (Å²) in [5, 5.41) is 9.67. The lowest BCUT2D eigenvalue weighted by Crippen LogP contribution is -2.19. The normalized spacial score (nSPS) is 21.3. The van der Waals surface area contributed by atoms with Gasteiger partial charge in [0.25, 0.3) is 0 Å². The quantitative estimate of drug-likeness (QED) is 0.875. The summed E-state index contributed by atoms with van der Waals surface area (Å²) in [6, 6.07) is 2.64. The van der Waals surface area contributed by atoms with Gasteiger partial charge in [-0.3, -0.25) is 5.10 Å². The Labute approximate surface area is 129 Å². The lowest BCUT2D eigenvalue weighted by atomic mass is 10.0. The molecule has 1 aliphatic heterocycles. The van der Waals surface area contributed by atoms with Crippen LogP contribution in [0.3, 0.4) is 0 Å². The van der Waals surface area contributed by atoms with Crippen LogP contribution in [0.4, 0.5) is 19.0 Å². The molecule has 2 N–H and O–H groups in total. The second-order valence-corrected chi connectivity index (χ2v) is 5.02.